The minimum absolute atomic E-state index is 0.135. The van der Waals surface area contributed by atoms with Gasteiger partial charge < -0.3 is 19.3 Å². The molecule has 2 amide bonds. The molecule has 0 unspecified atom stereocenters. The first-order valence-electron chi connectivity index (χ1n) is 8.59. The maximum atomic E-state index is 14.1. The first-order valence-corrected chi connectivity index (χ1v) is 8.59. The van der Waals surface area contributed by atoms with Gasteiger partial charge in [0.2, 0.25) is 0 Å². The molecule has 0 aromatic heterocycles. The summed E-state index contributed by atoms with van der Waals surface area (Å²) in [5.41, 5.74) is 0.276. The fraction of sp³-hybridized carbons (Fsp3) is 0.556. The number of rotatable bonds is 4. The highest BCUT2D eigenvalue weighted by atomic mass is 19.1. The highest BCUT2D eigenvalue weighted by Gasteiger charge is 2.24. The van der Waals surface area contributed by atoms with Crippen LogP contribution in [-0.4, -0.2) is 60.7 Å². The van der Waals surface area contributed by atoms with E-state index in [2.05, 4.69) is 0 Å². The Labute approximate surface area is 147 Å². The topological polar surface area (TPSA) is 59.1 Å². The van der Waals surface area contributed by atoms with E-state index in [0.717, 1.165) is 0 Å². The Bertz CT molecular complexity index is 621. The van der Waals surface area contributed by atoms with Gasteiger partial charge in [-0.05, 0) is 45.4 Å². The number of hydrogen-bond acceptors (Lipinski definition) is 4. The van der Waals surface area contributed by atoms with Gasteiger partial charge in [-0.2, -0.15) is 0 Å². The molecule has 1 fully saturated rings. The van der Waals surface area contributed by atoms with E-state index in [-0.39, 0.29) is 29.4 Å². The van der Waals surface area contributed by atoms with Crippen molar-refractivity contribution in [3.05, 3.63) is 29.6 Å². The summed E-state index contributed by atoms with van der Waals surface area (Å²) in [4.78, 5) is 27.7. The average Bonchev–Trinajstić information content (AvgIpc) is 2.82. The van der Waals surface area contributed by atoms with Crippen molar-refractivity contribution in [1.29, 1.82) is 0 Å². The monoisotopic (exact) mass is 352 g/mol. The van der Waals surface area contributed by atoms with Crippen LogP contribution >= 0.6 is 0 Å². The second kappa shape index (κ2) is 8.69. The second-order valence-corrected chi connectivity index (χ2v) is 6.14. The summed E-state index contributed by atoms with van der Waals surface area (Å²) >= 11 is 0. The normalized spacial score (nSPS) is 15.1. The zero-order valence-corrected chi connectivity index (χ0v) is 15.0. The molecule has 0 spiro atoms. The van der Waals surface area contributed by atoms with Gasteiger partial charge in [-0.1, -0.05) is 0 Å². The predicted octanol–water partition coefficient (Wildman–Crippen LogP) is 2.92. The molecule has 138 valence electrons. The third kappa shape index (κ3) is 5.08. The number of carbonyl (C=O) groups excluding carboxylic acids is 2. The first kappa shape index (κ1) is 19.0. The summed E-state index contributed by atoms with van der Waals surface area (Å²) in [6.07, 6.45) is 0.148. The number of ether oxygens (including phenoxy) is 2. The van der Waals surface area contributed by atoms with Crippen LogP contribution in [0.3, 0.4) is 0 Å². The van der Waals surface area contributed by atoms with E-state index in [4.69, 9.17) is 9.47 Å². The average molecular weight is 352 g/mol. The lowest BCUT2D eigenvalue weighted by Crippen LogP contribution is -2.37. The number of hydrogen-bond donors (Lipinski definition) is 0. The quantitative estimate of drug-likeness (QED) is 0.836. The van der Waals surface area contributed by atoms with E-state index in [1.54, 1.807) is 22.8 Å². The Balaban J connectivity index is 2.03. The lowest BCUT2D eigenvalue weighted by molar-refractivity contribution is 0.0753. The van der Waals surface area contributed by atoms with Gasteiger partial charge in [0, 0.05) is 31.7 Å². The van der Waals surface area contributed by atoms with Crippen LogP contribution in [-0.2, 0) is 4.74 Å². The molecule has 2 rings (SSSR count). The lowest BCUT2D eigenvalue weighted by Gasteiger charge is -2.22. The van der Waals surface area contributed by atoms with Crippen LogP contribution in [0.25, 0.3) is 0 Å². The molecule has 6 nitrogen and oxygen atoms in total. The summed E-state index contributed by atoms with van der Waals surface area (Å²) < 4.78 is 24.5. The van der Waals surface area contributed by atoms with Crippen molar-refractivity contribution >= 4 is 12.0 Å². The first-order chi connectivity index (χ1) is 11.9. The van der Waals surface area contributed by atoms with Crippen LogP contribution < -0.4 is 4.74 Å². The molecule has 1 heterocycles. The molecule has 1 aromatic carbocycles. The summed E-state index contributed by atoms with van der Waals surface area (Å²) in [5, 5.41) is 0. The number of nitrogens with zero attached hydrogens (tertiary/aromatic N) is 2. The van der Waals surface area contributed by atoms with Crippen LogP contribution in [0, 0.1) is 5.82 Å². The molecule has 0 saturated carbocycles. The third-order valence-electron chi connectivity index (χ3n) is 3.85. The van der Waals surface area contributed by atoms with Crippen LogP contribution in [0.2, 0.25) is 0 Å². The smallest absolute Gasteiger partial charge is 0.409 e. The van der Waals surface area contributed by atoms with E-state index in [0.29, 0.717) is 39.2 Å². The van der Waals surface area contributed by atoms with Crippen molar-refractivity contribution < 1.29 is 23.5 Å². The molecule has 0 aliphatic carbocycles. The van der Waals surface area contributed by atoms with Crippen molar-refractivity contribution in [3.63, 3.8) is 0 Å². The minimum Gasteiger partial charge on any atom is -0.488 e. The van der Waals surface area contributed by atoms with Crippen LogP contribution in [0.5, 0.6) is 5.75 Å². The van der Waals surface area contributed by atoms with E-state index >= 15 is 0 Å². The Morgan fingerprint density at radius 2 is 1.84 bits per heavy atom. The molecule has 7 heteroatoms. The van der Waals surface area contributed by atoms with Crippen molar-refractivity contribution in [2.75, 3.05) is 32.8 Å². The third-order valence-corrected chi connectivity index (χ3v) is 3.85. The van der Waals surface area contributed by atoms with E-state index in [9.17, 15) is 14.0 Å². The van der Waals surface area contributed by atoms with Crippen LogP contribution in [0.4, 0.5) is 9.18 Å². The molecule has 1 aliphatic heterocycles. The zero-order valence-electron chi connectivity index (χ0n) is 15.0. The van der Waals surface area contributed by atoms with E-state index in [1.807, 2.05) is 13.8 Å². The van der Waals surface area contributed by atoms with Gasteiger partial charge in [-0.25, -0.2) is 9.18 Å². The van der Waals surface area contributed by atoms with Crippen LogP contribution in [0.15, 0.2) is 18.2 Å². The predicted molar refractivity (Wildman–Crippen MR) is 91.3 cm³/mol. The van der Waals surface area contributed by atoms with E-state index < -0.39 is 5.82 Å². The molecule has 1 aromatic rings. The summed E-state index contributed by atoms with van der Waals surface area (Å²) in [6, 6.07) is 4.25. The molecular weight excluding hydrogens is 327 g/mol. The van der Waals surface area contributed by atoms with Crippen LogP contribution in [0.1, 0.15) is 37.6 Å². The molecule has 0 atom stereocenters. The van der Waals surface area contributed by atoms with Gasteiger partial charge in [-0.15, -0.1) is 0 Å². The molecule has 0 bridgehead atoms. The highest BCUT2D eigenvalue weighted by molar-refractivity contribution is 5.94. The number of amides is 2. The zero-order chi connectivity index (χ0) is 18.4. The summed E-state index contributed by atoms with van der Waals surface area (Å²) in [7, 11) is 0. The van der Waals surface area contributed by atoms with Crippen molar-refractivity contribution in [2.24, 2.45) is 0 Å². The SMILES string of the molecule is CCOC(=O)N1CCCN(C(=O)c2ccc(OC(C)C)c(F)c2)CC1. The molecule has 0 radical (unpaired) electrons. The number of benzene rings is 1. The second-order valence-electron chi connectivity index (χ2n) is 6.14. The standard InChI is InChI=1S/C18H25FN2O4/c1-4-24-18(23)21-9-5-8-20(10-11-21)17(22)14-6-7-16(15(19)12-14)25-13(2)3/h6-7,12-13H,4-5,8-11H2,1-3H3. The van der Waals surface area contributed by atoms with Gasteiger partial charge >= 0.3 is 6.09 Å². The Kier molecular flexibility index (Phi) is 6.61. The van der Waals surface area contributed by atoms with E-state index in [1.165, 1.54) is 12.1 Å². The lowest BCUT2D eigenvalue weighted by atomic mass is 10.1. The Hall–Kier alpha value is -2.31. The van der Waals surface area contributed by atoms with Crippen molar-refractivity contribution in [1.82, 2.24) is 9.80 Å². The molecule has 1 saturated heterocycles. The van der Waals surface area contributed by atoms with Crippen molar-refractivity contribution in [3.8, 4) is 5.75 Å². The minimum atomic E-state index is -0.553. The fourth-order valence-corrected chi connectivity index (χ4v) is 2.68. The fourth-order valence-electron chi connectivity index (χ4n) is 2.68. The van der Waals surface area contributed by atoms with Gasteiger partial charge in [0.15, 0.2) is 11.6 Å². The number of carbonyl (C=O) groups is 2. The highest BCUT2D eigenvalue weighted by Crippen LogP contribution is 2.21. The van der Waals surface area contributed by atoms with Gasteiger partial charge in [0.1, 0.15) is 0 Å². The molecular formula is C18H25FN2O4. The van der Waals surface area contributed by atoms with Gasteiger partial charge in [0.05, 0.1) is 12.7 Å². The number of halogens is 1. The van der Waals surface area contributed by atoms with Crippen molar-refractivity contribution in [2.45, 2.75) is 33.3 Å². The Morgan fingerprint density at radius 1 is 1.16 bits per heavy atom. The molecule has 0 N–H and O–H groups in total. The Morgan fingerprint density at radius 3 is 2.48 bits per heavy atom. The molecule has 25 heavy (non-hydrogen) atoms. The maximum absolute atomic E-state index is 14.1. The maximum Gasteiger partial charge on any atom is 0.409 e. The van der Waals surface area contributed by atoms with Gasteiger partial charge in [-0.3, -0.25) is 4.79 Å². The summed E-state index contributed by atoms with van der Waals surface area (Å²) in [5.74, 6) is -0.667. The van der Waals surface area contributed by atoms with Gasteiger partial charge in [0.25, 0.3) is 5.91 Å². The largest absolute Gasteiger partial charge is 0.488 e. The summed E-state index contributed by atoms with van der Waals surface area (Å²) in [6.45, 7) is 7.55. The molecule has 1 aliphatic rings.